The third-order valence-corrected chi connectivity index (χ3v) is 6.52. The molecule has 0 amide bonds. The van der Waals surface area contributed by atoms with Gasteiger partial charge in [-0.05, 0) is 73.1 Å². The minimum absolute atomic E-state index is 0.0943. The minimum Gasteiger partial charge on any atom is -0.497 e. The summed E-state index contributed by atoms with van der Waals surface area (Å²) < 4.78 is 26.8. The van der Waals surface area contributed by atoms with Crippen LogP contribution in [0.15, 0.2) is 18.2 Å². The lowest BCUT2D eigenvalue weighted by Crippen LogP contribution is -2.42. The van der Waals surface area contributed by atoms with E-state index in [1.807, 2.05) is 6.07 Å². The number of hydrogen-bond acceptors (Lipinski definition) is 2. The quantitative estimate of drug-likeness (QED) is 0.776. The van der Waals surface area contributed by atoms with Gasteiger partial charge in [-0.2, -0.15) is 0 Å². The van der Waals surface area contributed by atoms with Gasteiger partial charge >= 0.3 is 0 Å². The fourth-order valence-corrected chi connectivity index (χ4v) is 5.39. The van der Waals surface area contributed by atoms with Crippen LogP contribution in [-0.4, -0.2) is 12.8 Å². The van der Waals surface area contributed by atoms with Gasteiger partial charge in [0.15, 0.2) is 0 Å². The van der Waals surface area contributed by atoms with Gasteiger partial charge in [0, 0.05) is 11.8 Å². The first-order valence-corrected chi connectivity index (χ1v) is 8.13. The number of ether oxygens (including phenoxy) is 1. The van der Waals surface area contributed by atoms with Gasteiger partial charge < -0.3 is 4.74 Å². The van der Waals surface area contributed by atoms with Crippen LogP contribution in [0.4, 0.5) is 0 Å². The zero-order valence-corrected chi connectivity index (χ0v) is 12.5. The molecule has 3 aliphatic carbocycles. The molecule has 0 radical (unpaired) electrons. The summed E-state index contributed by atoms with van der Waals surface area (Å²) in [5, 5.41) is 0. The van der Waals surface area contributed by atoms with E-state index in [0.717, 1.165) is 38.5 Å². The highest BCUT2D eigenvalue weighted by Gasteiger charge is 2.54. The highest BCUT2D eigenvalue weighted by atomic mass is 16.5. The number of Topliss-reactive ketones (excluding diaryl/α,β-unsaturated/α-hetero) is 1. The molecule has 0 spiro atoms. The molecule has 0 N–H and O–H groups in total. The second-order valence-corrected chi connectivity index (χ2v) is 7.30. The Morgan fingerprint density at radius 2 is 2.19 bits per heavy atom. The van der Waals surface area contributed by atoms with E-state index in [2.05, 4.69) is 13.0 Å². The van der Waals surface area contributed by atoms with Crippen molar-refractivity contribution in [3.8, 4) is 5.75 Å². The van der Waals surface area contributed by atoms with Gasteiger partial charge in [0.2, 0.25) is 0 Å². The Morgan fingerprint density at radius 3 is 3.05 bits per heavy atom. The second kappa shape index (κ2) is 4.59. The smallest absolute Gasteiger partial charge is 0.139 e. The van der Waals surface area contributed by atoms with Crippen LogP contribution >= 0.6 is 0 Å². The van der Waals surface area contributed by atoms with E-state index in [9.17, 15) is 4.79 Å². The fourth-order valence-electron chi connectivity index (χ4n) is 5.39. The van der Waals surface area contributed by atoms with Gasteiger partial charge in [0.1, 0.15) is 11.5 Å². The van der Waals surface area contributed by atoms with Crippen molar-refractivity contribution in [2.45, 2.75) is 51.4 Å². The summed E-state index contributed by atoms with van der Waals surface area (Å²) >= 11 is 0. The van der Waals surface area contributed by atoms with E-state index in [-0.39, 0.29) is 5.41 Å². The third kappa shape index (κ3) is 1.81. The Morgan fingerprint density at radius 1 is 1.29 bits per heavy atom. The number of hydrogen-bond donors (Lipinski definition) is 0. The zero-order chi connectivity index (χ0) is 17.1. The topological polar surface area (TPSA) is 26.3 Å². The molecule has 112 valence electrons. The summed E-state index contributed by atoms with van der Waals surface area (Å²) in [6.45, 7) is 2.19. The third-order valence-electron chi connectivity index (χ3n) is 6.52. The Bertz CT molecular complexity index is 682. The van der Waals surface area contributed by atoms with Crippen LogP contribution in [0.25, 0.3) is 0 Å². The SMILES string of the molecule is [2H]C([2H])([2H])Oc1ccc2c(c1)CC[C@@H]1[C@@H]2CC[C@]2(C)C(=O)CC[C@@H]12. The standard InChI is InChI=1S/C19H24O2/c1-19-10-9-15-14-6-4-13(21-2)11-12(14)3-5-16(15)17(19)7-8-18(19)20/h4,6,11,15-17H,3,5,7-10H2,1-2H3/t15-,16-,17+,19+/m1/s1/i2D3. The van der Waals surface area contributed by atoms with Crippen LogP contribution < -0.4 is 4.74 Å². The number of methoxy groups -OCH3 is 1. The molecule has 1 aromatic rings. The zero-order valence-electron chi connectivity index (χ0n) is 15.5. The number of fused-ring (bicyclic) bond motifs is 5. The summed E-state index contributed by atoms with van der Waals surface area (Å²) in [6.07, 6.45) is 5.91. The molecular weight excluding hydrogens is 260 g/mol. The predicted octanol–water partition coefficient (Wildman–Crippen LogP) is 4.12. The maximum Gasteiger partial charge on any atom is 0.139 e. The maximum absolute atomic E-state index is 12.4. The Hall–Kier alpha value is -1.31. The van der Waals surface area contributed by atoms with Crippen molar-refractivity contribution in [2.24, 2.45) is 17.3 Å². The molecule has 0 unspecified atom stereocenters. The average molecular weight is 287 g/mol. The molecule has 4 atom stereocenters. The molecular formula is C19H24O2. The van der Waals surface area contributed by atoms with E-state index < -0.39 is 7.04 Å². The average Bonchev–Trinajstić information content (AvgIpc) is 2.81. The molecule has 0 aliphatic heterocycles. The van der Waals surface area contributed by atoms with E-state index in [4.69, 9.17) is 8.85 Å². The first-order valence-electron chi connectivity index (χ1n) is 9.63. The van der Waals surface area contributed by atoms with Crippen molar-refractivity contribution < 1.29 is 13.6 Å². The van der Waals surface area contributed by atoms with Gasteiger partial charge in [-0.25, -0.2) is 0 Å². The van der Waals surface area contributed by atoms with Crippen LogP contribution in [-0.2, 0) is 11.2 Å². The van der Waals surface area contributed by atoms with Crippen molar-refractivity contribution >= 4 is 5.78 Å². The van der Waals surface area contributed by atoms with Gasteiger partial charge in [-0.15, -0.1) is 0 Å². The lowest BCUT2D eigenvalue weighted by molar-refractivity contribution is -0.129. The van der Waals surface area contributed by atoms with Gasteiger partial charge in [0.25, 0.3) is 0 Å². The van der Waals surface area contributed by atoms with Crippen molar-refractivity contribution in [3.05, 3.63) is 29.3 Å². The van der Waals surface area contributed by atoms with Crippen molar-refractivity contribution in [1.29, 1.82) is 0 Å². The van der Waals surface area contributed by atoms with E-state index in [0.29, 0.717) is 29.3 Å². The molecule has 0 bridgehead atoms. The minimum atomic E-state index is -2.40. The predicted molar refractivity (Wildman–Crippen MR) is 82.6 cm³/mol. The van der Waals surface area contributed by atoms with Gasteiger partial charge in [-0.1, -0.05) is 13.0 Å². The fraction of sp³-hybridized carbons (Fsp3) is 0.632. The summed E-state index contributed by atoms with van der Waals surface area (Å²) in [6, 6.07) is 5.76. The monoisotopic (exact) mass is 287 g/mol. The number of benzene rings is 1. The summed E-state index contributed by atoms with van der Waals surface area (Å²) in [5.74, 6) is 2.54. The molecule has 2 nitrogen and oxygen atoms in total. The highest BCUT2D eigenvalue weighted by molar-refractivity contribution is 5.87. The van der Waals surface area contributed by atoms with Crippen molar-refractivity contribution in [1.82, 2.24) is 0 Å². The van der Waals surface area contributed by atoms with Gasteiger partial charge in [0.05, 0.1) is 11.2 Å². The first kappa shape index (κ1) is 10.4. The second-order valence-electron chi connectivity index (χ2n) is 7.30. The van der Waals surface area contributed by atoms with Crippen molar-refractivity contribution in [3.63, 3.8) is 0 Å². The van der Waals surface area contributed by atoms with E-state index in [1.165, 1.54) is 11.1 Å². The number of rotatable bonds is 1. The van der Waals surface area contributed by atoms with Crippen LogP contribution in [0.2, 0.25) is 0 Å². The molecule has 0 saturated heterocycles. The molecule has 1 aromatic carbocycles. The Kier molecular flexibility index (Phi) is 2.28. The van der Waals surface area contributed by atoms with Crippen LogP contribution in [0.3, 0.4) is 0 Å². The maximum atomic E-state index is 12.4. The molecule has 2 fully saturated rings. The number of aryl methyl sites for hydroxylation is 1. The molecule has 0 heterocycles. The lowest BCUT2D eigenvalue weighted by Gasteiger charge is -2.48. The van der Waals surface area contributed by atoms with E-state index >= 15 is 0 Å². The lowest BCUT2D eigenvalue weighted by atomic mass is 9.55. The summed E-state index contributed by atoms with van der Waals surface area (Å²) in [4.78, 5) is 12.4. The normalized spacial score (nSPS) is 40.3. The first-order chi connectivity index (χ1) is 11.3. The van der Waals surface area contributed by atoms with Gasteiger partial charge in [-0.3, -0.25) is 4.79 Å². The Balaban J connectivity index is 1.62. The largest absolute Gasteiger partial charge is 0.497 e. The molecule has 4 rings (SSSR count). The number of carbonyl (C=O) groups is 1. The highest BCUT2D eigenvalue weighted by Crippen LogP contribution is 2.59. The van der Waals surface area contributed by atoms with Crippen LogP contribution in [0, 0.1) is 17.3 Å². The molecule has 21 heavy (non-hydrogen) atoms. The van der Waals surface area contributed by atoms with Crippen LogP contribution in [0.5, 0.6) is 5.75 Å². The molecule has 2 heteroatoms. The molecule has 3 aliphatic rings. The molecule has 0 aromatic heterocycles. The summed E-state index contributed by atoms with van der Waals surface area (Å²) in [7, 11) is -2.40. The molecule has 2 saturated carbocycles. The summed E-state index contributed by atoms with van der Waals surface area (Å²) in [5.41, 5.74) is 2.49. The Labute approximate surface area is 131 Å². The number of ketones is 1. The van der Waals surface area contributed by atoms with Crippen molar-refractivity contribution in [2.75, 3.05) is 7.04 Å². The van der Waals surface area contributed by atoms with E-state index in [1.54, 1.807) is 6.07 Å². The number of carbonyl (C=O) groups excluding carboxylic acids is 1. The van der Waals surface area contributed by atoms with Crippen LogP contribution in [0.1, 0.15) is 60.2 Å².